The number of hydrogen-bond acceptors (Lipinski definition) is 4. The van der Waals surface area contributed by atoms with Crippen molar-refractivity contribution >= 4 is 11.6 Å². The second kappa shape index (κ2) is 2.57. The second-order valence-electron chi connectivity index (χ2n) is 3.21. The topological polar surface area (TPSA) is 73.1 Å². The zero-order valence-corrected chi connectivity index (χ0v) is 7.83. The van der Waals surface area contributed by atoms with Gasteiger partial charge in [0.1, 0.15) is 11.4 Å². The molecule has 74 valence electrons. The third kappa shape index (κ3) is 0.876. The van der Waals surface area contributed by atoms with Crippen LogP contribution in [0.3, 0.4) is 0 Å². The third-order valence-electron chi connectivity index (χ3n) is 2.36. The van der Waals surface area contributed by atoms with Crippen LogP contribution in [0.1, 0.15) is 10.4 Å². The molecule has 1 N–H and O–H groups in total. The molecule has 1 aromatic rings. The van der Waals surface area contributed by atoms with Crippen LogP contribution in [0.4, 0.5) is 5.82 Å². The Morgan fingerprint density at radius 3 is 2.43 bits per heavy atom. The van der Waals surface area contributed by atoms with E-state index in [0.717, 1.165) is 4.57 Å². The normalized spacial score (nSPS) is 14.0. The average molecular weight is 195 g/mol. The van der Waals surface area contributed by atoms with Crippen molar-refractivity contribution in [1.82, 2.24) is 9.13 Å². The third-order valence-corrected chi connectivity index (χ3v) is 2.36. The summed E-state index contributed by atoms with van der Waals surface area (Å²) in [6.45, 7) is 0.0852. The van der Waals surface area contributed by atoms with Crippen molar-refractivity contribution in [3.63, 3.8) is 0 Å². The molecule has 0 spiro atoms. The minimum Gasteiger partial charge on any atom is -0.363 e. The fourth-order valence-corrected chi connectivity index (χ4v) is 1.55. The number of rotatable bonds is 0. The Bertz CT molecular complexity index is 538. The molecule has 1 aliphatic rings. The quantitative estimate of drug-likeness (QED) is 0.558. The molecule has 0 fully saturated rings. The van der Waals surface area contributed by atoms with Crippen molar-refractivity contribution in [3.8, 4) is 0 Å². The highest BCUT2D eigenvalue weighted by Crippen LogP contribution is 2.14. The number of nitrogens with one attached hydrogen (secondary N) is 1. The minimum atomic E-state index is -0.530. The number of carbonyl (C=O) groups is 1. The zero-order valence-electron chi connectivity index (χ0n) is 7.83. The van der Waals surface area contributed by atoms with Crippen LogP contribution >= 0.6 is 0 Å². The van der Waals surface area contributed by atoms with Crippen LogP contribution in [0.15, 0.2) is 9.59 Å². The average Bonchev–Trinajstić information content (AvgIpc) is 2.54. The summed E-state index contributed by atoms with van der Waals surface area (Å²) in [4.78, 5) is 34.3. The first kappa shape index (κ1) is 8.74. The van der Waals surface area contributed by atoms with Gasteiger partial charge >= 0.3 is 5.69 Å². The van der Waals surface area contributed by atoms with E-state index < -0.39 is 11.2 Å². The highest BCUT2D eigenvalue weighted by molar-refractivity contribution is 6.06. The van der Waals surface area contributed by atoms with Crippen LogP contribution in [0.2, 0.25) is 0 Å². The Hall–Kier alpha value is -1.85. The maximum Gasteiger partial charge on any atom is 0.332 e. The molecular formula is C8H9N3O3. The summed E-state index contributed by atoms with van der Waals surface area (Å²) in [7, 11) is 2.88. The van der Waals surface area contributed by atoms with E-state index in [1.807, 2.05) is 0 Å². The summed E-state index contributed by atoms with van der Waals surface area (Å²) >= 11 is 0. The smallest absolute Gasteiger partial charge is 0.332 e. The highest BCUT2D eigenvalue weighted by atomic mass is 16.2. The first-order valence-electron chi connectivity index (χ1n) is 4.11. The van der Waals surface area contributed by atoms with Crippen molar-refractivity contribution in [3.05, 3.63) is 26.4 Å². The van der Waals surface area contributed by atoms with E-state index in [1.165, 1.54) is 18.7 Å². The van der Waals surface area contributed by atoms with Gasteiger partial charge in [-0.1, -0.05) is 0 Å². The van der Waals surface area contributed by atoms with Gasteiger partial charge in [0.05, 0.1) is 6.54 Å². The van der Waals surface area contributed by atoms with Gasteiger partial charge in [-0.05, 0) is 0 Å². The van der Waals surface area contributed by atoms with E-state index >= 15 is 0 Å². The van der Waals surface area contributed by atoms with Crippen molar-refractivity contribution in [1.29, 1.82) is 0 Å². The van der Waals surface area contributed by atoms with Crippen molar-refractivity contribution in [2.45, 2.75) is 0 Å². The van der Waals surface area contributed by atoms with E-state index in [-0.39, 0.29) is 17.9 Å². The van der Waals surface area contributed by atoms with Gasteiger partial charge in [0, 0.05) is 14.1 Å². The van der Waals surface area contributed by atoms with E-state index in [9.17, 15) is 14.4 Å². The number of Topliss-reactive ketones (excluding diaryl/α,β-unsaturated/α-hetero) is 1. The number of carbonyl (C=O) groups excluding carboxylic acids is 1. The van der Waals surface area contributed by atoms with Gasteiger partial charge in [-0.3, -0.25) is 18.7 Å². The lowest BCUT2D eigenvalue weighted by Crippen LogP contribution is -2.39. The van der Waals surface area contributed by atoms with Crippen LogP contribution in [0.5, 0.6) is 0 Å². The Morgan fingerprint density at radius 1 is 1.14 bits per heavy atom. The summed E-state index contributed by atoms with van der Waals surface area (Å²) in [5, 5.41) is 2.73. The predicted octanol–water partition coefficient (Wildman–Crippen LogP) is -1.31. The van der Waals surface area contributed by atoms with Gasteiger partial charge in [0.25, 0.3) is 5.56 Å². The summed E-state index contributed by atoms with van der Waals surface area (Å²) in [6.07, 6.45) is 0. The summed E-state index contributed by atoms with van der Waals surface area (Å²) in [6, 6.07) is 0. The van der Waals surface area contributed by atoms with Crippen molar-refractivity contribution in [2.24, 2.45) is 14.1 Å². The molecule has 0 unspecified atom stereocenters. The summed E-state index contributed by atoms with van der Waals surface area (Å²) in [5.74, 6) is 0.0549. The zero-order chi connectivity index (χ0) is 10.5. The molecule has 0 aromatic carbocycles. The molecule has 0 bridgehead atoms. The van der Waals surface area contributed by atoms with E-state index in [0.29, 0.717) is 5.82 Å². The molecule has 14 heavy (non-hydrogen) atoms. The lowest BCUT2D eigenvalue weighted by Gasteiger charge is -2.06. The first-order valence-corrected chi connectivity index (χ1v) is 4.11. The predicted molar refractivity (Wildman–Crippen MR) is 49.7 cm³/mol. The van der Waals surface area contributed by atoms with Gasteiger partial charge < -0.3 is 5.32 Å². The maximum atomic E-state index is 11.5. The maximum absolute atomic E-state index is 11.5. The summed E-state index contributed by atoms with van der Waals surface area (Å²) < 4.78 is 2.20. The van der Waals surface area contributed by atoms with Crippen molar-refractivity contribution < 1.29 is 4.79 Å². The number of ketones is 1. The van der Waals surface area contributed by atoms with E-state index in [1.54, 1.807) is 0 Å². The molecule has 2 heterocycles. The molecular weight excluding hydrogens is 186 g/mol. The number of anilines is 1. The number of fused-ring (bicyclic) bond motifs is 1. The molecule has 2 rings (SSSR count). The van der Waals surface area contributed by atoms with Crippen LogP contribution in [0.25, 0.3) is 0 Å². The van der Waals surface area contributed by atoms with Gasteiger partial charge in [0.2, 0.25) is 0 Å². The van der Waals surface area contributed by atoms with Crippen LogP contribution < -0.4 is 16.6 Å². The van der Waals surface area contributed by atoms with E-state index in [2.05, 4.69) is 5.32 Å². The SMILES string of the molecule is Cn1c2c(c(=O)n(C)c1=O)C(=O)CN2. The number of nitrogens with zero attached hydrogens (tertiary/aromatic N) is 2. The lowest BCUT2D eigenvalue weighted by atomic mass is 10.2. The van der Waals surface area contributed by atoms with Gasteiger partial charge in [-0.15, -0.1) is 0 Å². The Morgan fingerprint density at radius 2 is 1.79 bits per heavy atom. The Kier molecular flexibility index (Phi) is 1.60. The van der Waals surface area contributed by atoms with E-state index in [4.69, 9.17) is 0 Å². The molecule has 6 heteroatoms. The second-order valence-corrected chi connectivity index (χ2v) is 3.21. The minimum absolute atomic E-state index is 0.0783. The molecule has 6 nitrogen and oxygen atoms in total. The number of hydrogen-bond donors (Lipinski definition) is 1. The molecule has 0 aliphatic carbocycles. The van der Waals surface area contributed by atoms with Crippen LogP contribution in [-0.4, -0.2) is 21.5 Å². The summed E-state index contributed by atoms with van der Waals surface area (Å²) in [5.41, 5.74) is -0.886. The standard InChI is InChI=1S/C8H9N3O3/c1-10-6-5(4(12)3-9-6)7(13)11(2)8(10)14/h9H,3H2,1-2H3. The molecule has 0 radical (unpaired) electrons. The lowest BCUT2D eigenvalue weighted by molar-refractivity contribution is 0.101. The van der Waals surface area contributed by atoms with Gasteiger partial charge in [-0.25, -0.2) is 4.79 Å². The Labute approximate surface area is 78.8 Å². The molecule has 0 saturated heterocycles. The van der Waals surface area contributed by atoms with Gasteiger partial charge in [-0.2, -0.15) is 0 Å². The number of aromatic nitrogens is 2. The largest absolute Gasteiger partial charge is 0.363 e. The van der Waals surface area contributed by atoms with Crippen LogP contribution in [-0.2, 0) is 14.1 Å². The fraction of sp³-hybridized carbons (Fsp3) is 0.375. The monoisotopic (exact) mass is 195 g/mol. The van der Waals surface area contributed by atoms with Crippen LogP contribution in [0, 0.1) is 0 Å². The molecule has 1 aromatic heterocycles. The highest BCUT2D eigenvalue weighted by Gasteiger charge is 2.26. The molecule has 0 amide bonds. The molecule has 0 saturated carbocycles. The van der Waals surface area contributed by atoms with Crippen molar-refractivity contribution in [2.75, 3.05) is 11.9 Å². The van der Waals surface area contributed by atoms with Gasteiger partial charge in [0.15, 0.2) is 5.78 Å². The Balaban J connectivity index is 2.99. The first-order chi connectivity index (χ1) is 6.54. The molecule has 0 atom stereocenters. The fourth-order valence-electron chi connectivity index (χ4n) is 1.55. The molecule has 1 aliphatic heterocycles.